The van der Waals surface area contributed by atoms with E-state index < -0.39 is 0 Å². The number of allylic oxidation sites excluding steroid dienone is 8. The summed E-state index contributed by atoms with van der Waals surface area (Å²) in [5.74, 6) is 0.402. The number of ketones is 1. The molecular formula is C27H24N2O2. The minimum absolute atomic E-state index is 0.0254. The van der Waals surface area contributed by atoms with Crippen LogP contribution in [-0.2, 0) is 0 Å². The number of hydrogen-bond donors (Lipinski definition) is 2. The molecule has 1 aromatic carbocycles. The fourth-order valence-corrected chi connectivity index (χ4v) is 4.49. The van der Waals surface area contributed by atoms with E-state index in [-0.39, 0.29) is 11.3 Å². The van der Waals surface area contributed by atoms with Crippen LogP contribution in [0.25, 0.3) is 27.7 Å². The molecule has 4 heteroatoms. The smallest absolute Gasteiger partial charge is 0.257 e. The Morgan fingerprint density at radius 1 is 1.10 bits per heavy atom. The largest absolute Gasteiger partial charge is 0.354 e. The Balaban J connectivity index is 1.65. The summed E-state index contributed by atoms with van der Waals surface area (Å²) in [7, 11) is 0. The fourth-order valence-electron chi connectivity index (χ4n) is 4.49. The van der Waals surface area contributed by atoms with Crippen LogP contribution in [0.2, 0.25) is 0 Å². The maximum Gasteiger partial charge on any atom is 0.257 e. The van der Waals surface area contributed by atoms with Crippen molar-refractivity contribution in [3.8, 4) is 11.3 Å². The van der Waals surface area contributed by atoms with Crippen LogP contribution in [0.5, 0.6) is 0 Å². The van der Waals surface area contributed by atoms with E-state index in [1.54, 1.807) is 13.1 Å². The number of Topliss-reactive ketones (excluding diaryl/α,β-unsaturated/α-hetero) is 1. The van der Waals surface area contributed by atoms with Gasteiger partial charge < -0.3 is 9.97 Å². The summed E-state index contributed by atoms with van der Waals surface area (Å²) in [6, 6.07) is 9.33. The van der Waals surface area contributed by atoms with E-state index in [0.29, 0.717) is 17.0 Å². The zero-order chi connectivity index (χ0) is 21.4. The number of carbonyl (C=O) groups is 1. The monoisotopic (exact) mass is 408 g/mol. The Morgan fingerprint density at radius 2 is 2.00 bits per heavy atom. The van der Waals surface area contributed by atoms with Crippen molar-refractivity contribution in [2.24, 2.45) is 5.92 Å². The van der Waals surface area contributed by atoms with Gasteiger partial charge in [-0.3, -0.25) is 9.59 Å². The maximum absolute atomic E-state index is 12.6. The summed E-state index contributed by atoms with van der Waals surface area (Å²) in [5.41, 5.74) is 6.22. The average Bonchev–Trinajstić information content (AvgIpc) is 3.18. The van der Waals surface area contributed by atoms with Crippen LogP contribution in [0.4, 0.5) is 0 Å². The molecule has 3 aromatic rings. The number of carbonyl (C=O) groups excluding carboxylic acids is 1. The summed E-state index contributed by atoms with van der Waals surface area (Å²) < 4.78 is 0. The van der Waals surface area contributed by atoms with Gasteiger partial charge in [0, 0.05) is 34.1 Å². The van der Waals surface area contributed by atoms with Gasteiger partial charge in [-0.05, 0) is 67.7 Å². The van der Waals surface area contributed by atoms with Crippen molar-refractivity contribution in [1.29, 1.82) is 0 Å². The van der Waals surface area contributed by atoms with Crippen molar-refractivity contribution in [2.75, 3.05) is 0 Å². The Bertz CT molecular complexity index is 1360. The second kappa shape index (κ2) is 7.88. The summed E-state index contributed by atoms with van der Waals surface area (Å²) in [4.78, 5) is 30.8. The number of benzene rings is 1. The van der Waals surface area contributed by atoms with Gasteiger partial charge in [0.2, 0.25) is 0 Å². The van der Waals surface area contributed by atoms with Crippen molar-refractivity contribution in [3.05, 3.63) is 100 Å². The molecule has 2 N–H and O–H groups in total. The van der Waals surface area contributed by atoms with Crippen LogP contribution in [-0.4, -0.2) is 15.8 Å². The number of pyridine rings is 1. The quantitative estimate of drug-likeness (QED) is 0.523. The van der Waals surface area contributed by atoms with Crippen molar-refractivity contribution < 1.29 is 4.79 Å². The van der Waals surface area contributed by atoms with Gasteiger partial charge in [-0.25, -0.2) is 0 Å². The standard InChI is InChI=1S/C27H24N2O2/c1-17(30)21-13-14-24-23(16-21)25(26(29-24)22-8-5-15-28-27(22)31)20-11-9-19(10-12-20)18-6-3-2-4-7-18/h3,5-9,11-16,19,29H,2,4,10H2,1H3,(H,28,31). The first-order valence-corrected chi connectivity index (χ1v) is 10.7. The Labute approximate surface area is 180 Å². The lowest BCUT2D eigenvalue weighted by atomic mass is 9.85. The van der Waals surface area contributed by atoms with E-state index >= 15 is 0 Å². The molecule has 0 amide bonds. The molecule has 0 bridgehead atoms. The molecule has 2 heterocycles. The highest BCUT2D eigenvalue weighted by molar-refractivity contribution is 6.05. The Kier molecular flexibility index (Phi) is 4.91. The van der Waals surface area contributed by atoms with Crippen LogP contribution in [0.3, 0.4) is 0 Å². The van der Waals surface area contributed by atoms with Crippen molar-refractivity contribution >= 4 is 22.3 Å². The minimum Gasteiger partial charge on any atom is -0.354 e. The molecule has 0 spiro atoms. The number of aromatic nitrogens is 2. The van der Waals surface area contributed by atoms with E-state index in [1.165, 1.54) is 5.57 Å². The average molecular weight is 409 g/mol. The number of rotatable bonds is 4. The van der Waals surface area contributed by atoms with Gasteiger partial charge in [-0.15, -0.1) is 0 Å². The van der Waals surface area contributed by atoms with Crippen LogP contribution in [0.1, 0.15) is 42.1 Å². The molecule has 4 nitrogen and oxygen atoms in total. The topological polar surface area (TPSA) is 65.7 Å². The number of aromatic amines is 2. The molecule has 0 saturated carbocycles. The third-order valence-electron chi connectivity index (χ3n) is 6.13. The fraction of sp³-hybridized carbons (Fsp3) is 0.185. The van der Waals surface area contributed by atoms with Gasteiger partial charge in [0.05, 0.1) is 11.3 Å². The van der Waals surface area contributed by atoms with Crippen molar-refractivity contribution in [1.82, 2.24) is 9.97 Å². The third-order valence-corrected chi connectivity index (χ3v) is 6.13. The molecule has 0 aliphatic heterocycles. The highest BCUT2D eigenvalue weighted by Crippen LogP contribution is 2.38. The normalized spacial score (nSPS) is 18.2. The van der Waals surface area contributed by atoms with Gasteiger partial charge in [-0.1, -0.05) is 36.5 Å². The predicted octanol–water partition coefficient (Wildman–Crippen LogP) is 5.96. The lowest BCUT2D eigenvalue weighted by molar-refractivity contribution is 0.101. The molecular weight excluding hydrogens is 384 g/mol. The SMILES string of the molecule is CC(=O)c1ccc2[nH]c(-c3ccc[nH]c3=O)c(C3=CCC(C4=CCCC=C4)C=C3)c2c1. The van der Waals surface area contributed by atoms with E-state index in [9.17, 15) is 9.59 Å². The lowest BCUT2D eigenvalue weighted by Crippen LogP contribution is -2.08. The molecule has 5 rings (SSSR count). The molecule has 0 radical (unpaired) electrons. The molecule has 2 aliphatic carbocycles. The summed E-state index contributed by atoms with van der Waals surface area (Å²) in [6.07, 6.45) is 18.2. The minimum atomic E-state index is -0.141. The van der Waals surface area contributed by atoms with E-state index in [0.717, 1.165) is 47.0 Å². The van der Waals surface area contributed by atoms with Gasteiger partial charge in [-0.2, -0.15) is 0 Å². The van der Waals surface area contributed by atoms with Gasteiger partial charge in [0.25, 0.3) is 5.56 Å². The molecule has 2 aromatic heterocycles. The molecule has 154 valence electrons. The van der Waals surface area contributed by atoms with E-state index in [1.807, 2.05) is 30.3 Å². The zero-order valence-electron chi connectivity index (χ0n) is 17.4. The summed E-state index contributed by atoms with van der Waals surface area (Å²) >= 11 is 0. The first-order chi connectivity index (χ1) is 15.1. The third kappa shape index (κ3) is 3.55. The number of nitrogens with one attached hydrogen (secondary N) is 2. The van der Waals surface area contributed by atoms with Crippen LogP contribution in [0.15, 0.2) is 83.4 Å². The number of fused-ring (bicyclic) bond motifs is 1. The first kappa shape index (κ1) is 19.3. The second-order valence-electron chi connectivity index (χ2n) is 8.15. The summed E-state index contributed by atoms with van der Waals surface area (Å²) in [6.45, 7) is 1.58. The second-order valence-corrected chi connectivity index (χ2v) is 8.15. The molecule has 1 atom stereocenters. The lowest BCUT2D eigenvalue weighted by Gasteiger charge is -2.20. The Morgan fingerprint density at radius 3 is 2.71 bits per heavy atom. The molecule has 1 unspecified atom stereocenters. The maximum atomic E-state index is 12.6. The number of hydrogen-bond acceptors (Lipinski definition) is 2. The molecule has 0 fully saturated rings. The summed E-state index contributed by atoms with van der Waals surface area (Å²) in [5, 5.41) is 0.956. The van der Waals surface area contributed by atoms with Crippen molar-refractivity contribution in [3.63, 3.8) is 0 Å². The van der Waals surface area contributed by atoms with E-state index in [4.69, 9.17) is 0 Å². The zero-order valence-corrected chi connectivity index (χ0v) is 17.4. The van der Waals surface area contributed by atoms with Crippen LogP contribution in [0, 0.1) is 5.92 Å². The Hall–Kier alpha value is -3.66. The van der Waals surface area contributed by atoms with Crippen LogP contribution < -0.4 is 5.56 Å². The first-order valence-electron chi connectivity index (χ1n) is 10.7. The van der Waals surface area contributed by atoms with E-state index in [2.05, 4.69) is 46.4 Å². The molecule has 31 heavy (non-hydrogen) atoms. The van der Waals surface area contributed by atoms with Crippen molar-refractivity contribution in [2.45, 2.75) is 26.2 Å². The molecule has 0 saturated heterocycles. The highest BCUT2D eigenvalue weighted by atomic mass is 16.1. The van der Waals surface area contributed by atoms with Gasteiger partial charge >= 0.3 is 0 Å². The van der Waals surface area contributed by atoms with Gasteiger partial charge in [0.15, 0.2) is 5.78 Å². The number of H-pyrrole nitrogens is 2. The van der Waals surface area contributed by atoms with Crippen LogP contribution >= 0.6 is 0 Å². The predicted molar refractivity (Wildman–Crippen MR) is 126 cm³/mol. The highest BCUT2D eigenvalue weighted by Gasteiger charge is 2.21. The molecule has 2 aliphatic rings. The van der Waals surface area contributed by atoms with Gasteiger partial charge in [0.1, 0.15) is 0 Å².